The van der Waals surface area contributed by atoms with Gasteiger partial charge in [0.2, 0.25) is 11.8 Å². The fraction of sp³-hybridized carbons (Fsp3) is 0.625. The second-order valence-electron chi connectivity index (χ2n) is 6.08. The lowest BCUT2D eigenvalue weighted by atomic mass is 9.99. The molecule has 1 aromatic heterocycles. The van der Waals surface area contributed by atoms with E-state index in [1.165, 1.54) is 0 Å². The fourth-order valence-corrected chi connectivity index (χ4v) is 3.05. The number of nitrogens with zero attached hydrogens (tertiary/aromatic N) is 2. The molecule has 3 heterocycles. The molecular formula is C16H19F3N2O3. The lowest BCUT2D eigenvalue weighted by molar-refractivity contribution is -0.138. The topological polar surface area (TPSA) is 51.7 Å². The summed E-state index contributed by atoms with van der Waals surface area (Å²) < 4.78 is 48.9. The van der Waals surface area contributed by atoms with E-state index in [9.17, 15) is 18.0 Å². The standard InChI is InChI=1S/C16H19F3N2O3/c17-16(18,19)12-1-5-20-14(9-12)24-13-2-6-21(10-13)15(22)11-3-7-23-8-4-11/h1,5,9,11,13H,2-4,6-8,10H2/t13-/m0/s1. The summed E-state index contributed by atoms with van der Waals surface area (Å²) in [7, 11) is 0. The van der Waals surface area contributed by atoms with Gasteiger partial charge in [-0.05, 0) is 18.9 Å². The lowest BCUT2D eigenvalue weighted by Crippen LogP contribution is -2.38. The highest BCUT2D eigenvalue weighted by molar-refractivity contribution is 5.79. The second-order valence-corrected chi connectivity index (χ2v) is 6.08. The van der Waals surface area contributed by atoms with E-state index >= 15 is 0 Å². The van der Waals surface area contributed by atoms with Gasteiger partial charge in [-0.25, -0.2) is 4.98 Å². The second kappa shape index (κ2) is 6.96. The van der Waals surface area contributed by atoms with Crippen molar-refractivity contribution in [2.45, 2.75) is 31.5 Å². The van der Waals surface area contributed by atoms with Crippen LogP contribution >= 0.6 is 0 Å². The van der Waals surface area contributed by atoms with Crippen molar-refractivity contribution >= 4 is 5.91 Å². The van der Waals surface area contributed by atoms with Gasteiger partial charge in [-0.1, -0.05) is 0 Å². The van der Waals surface area contributed by atoms with E-state index < -0.39 is 11.7 Å². The van der Waals surface area contributed by atoms with Gasteiger partial charge in [0, 0.05) is 44.4 Å². The Balaban J connectivity index is 1.57. The quantitative estimate of drug-likeness (QED) is 0.845. The molecule has 1 aromatic rings. The Morgan fingerprint density at radius 3 is 2.75 bits per heavy atom. The Morgan fingerprint density at radius 1 is 1.29 bits per heavy atom. The first-order valence-corrected chi connectivity index (χ1v) is 8.00. The van der Waals surface area contributed by atoms with Crippen LogP contribution in [-0.2, 0) is 15.7 Å². The van der Waals surface area contributed by atoms with Crippen molar-refractivity contribution < 1.29 is 27.4 Å². The van der Waals surface area contributed by atoms with Gasteiger partial charge in [0.15, 0.2) is 0 Å². The Morgan fingerprint density at radius 2 is 2.04 bits per heavy atom. The van der Waals surface area contributed by atoms with Gasteiger partial charge < -0.3 is 14.4 Å². The Bertz CT molecular complexity index is 588. The third-order valence-corrected chi connectivity index (χ3v) is 4.38. The summed E-state index contributed by atoms with van der Waals surface area (Å²) in [5.41, 5.74) is -0.791. The van der Waals surface area contributed by atoms with E-state index in [0.29, 0.717) is 32.7 Å². The highest BCUT2D eigenvalue weighted by atomic mass is 19.4. The number of alkyl halides is 3. The molecule has 132 valence electrons. The molecule has 0 aromatic carbocycles. The predicted molar refractivity (Wildman–Crippen MR) is 78.4 cm³/mol. The summed E-state index contributed by atoms with van der Waals surface area (Å²) in [4.78, 5) is 18.0. The van der Waals surface area contributed by atoms with Gasteiger partial charge in [0.05, 0.1) is 12.1 Å². The van der Waals surface area contributed by atoms with Crippen LogP contribution < -0.4 is 4.74 Å². The summed E-state index contributed by atoms with van der Waals surface area (Å²) in [5, 5.41) is 0. The first-order chi connectivity index (χ1) is 11.4. The molecule has 1 amide bonds. The normalized spacial score (nSPS) is 22.6. The first kappa shape index (κ1) is 17.0. The first-order valence-electron chi connectivity index (χ1n) is 8.00. The summed E-state index contributed by atoms with van der Waals surface area (Å²) >= 11 is 0. The number of rotatable bonds is 3. The molecule has 0 spiro atoms. The van der Waals surface area contributed by atoms with Crippen molar-refractivity contribution in [3.8, 4) is 5.88 Å². The van der Waals surface area contributed by atoms with Crippen LogP contribution in [0.25, 0.3) is 0 Å². The average molecular weight is 344 g/mol. The van der Waals surface area contributed by atoms with E-state index in [1.54, 1.807) is 4.90 Å². The number of carbonyl (C=O) groups excluding carboxylic acids is 1. The van der Waals surface area contributed by atoms with Gasteiger partial charge >= 0.3 is 6.18 Å². The Hall–Kier alpha value is -1.83. The van der Waals surface area contributed by atoms with Crippen LogP contribution in [0, 0.1) is 5.92 Å². The number of likely N-dealkylation sites (tertiary alicyclic amines) is 1. The number of aromatic nitrogens is 1. The SMILES string of the molecule is O=C(C1CCOCC1)N1CC[C@H](Oc2cc(C(F)(F)F)ccn2)C1. The van der Waals surface area contributed by atoms with Crippen LogP contribution in [0.4, 0.5) is 13.2 Å². The summed E-state index contributed by atoms with van der Waals surface area (Å²) in [6.07, 6.45) is -1.65. The lowest BCUT2D eigenvalue weighted by Gasteiger charge is -2.26. The fourth-order valence-electron chi connectivity index (χ4n) is 3.05. The minimum absolute atomic E-state index is 0.0239. The van der Waals surface area contributed by atoms with Crippen LogP contribution in [0.3, 0.4) is 0 Å². The molecule has 24 heavy (non-hydrogen) atoms. The zero-order valence-corrected chi connectivity index (χ0v) is 13.1. The molecule has 8 heteroatoms. The summed E-state index contributed by atoms with van der Waals surface area (Å²) in [6, 6.07) is 1.80. The van der Waals surface area contributed by atoms with E-state index in [2.05, 4.69) is 4.98 Å². The van der Waals surface area contributed by atoms with Gasteiger partial charge in [-0.15, -0.1) is 0 Å². The van der Waals surface area contributed by atoms with Gasteiger partial charge in [0.1, 0.15) is 6.10 Å². The number of carbonyl (C=O) groups is 1. The zero-order valence-electron chi connectivity index (χ0n) is 13.1. The van der Waals surface area contributed by atoms with Crippen LogP contribution in [-0.4, -0.2) is 48.2 Å². The van der Waals surface area contributed by atoms with Crippen molar-refractivity contribution in [3.05, 3.63) is 23.9 Å². The smallest absolute Gasteiger partial charge is 0.416 e. The molecule has 2 fully saturated rings. The van der Waals surface area contributed by atoms with Crippen LogP contribution in [0.2, 0.25) is 0 Å². The Labute approximate surface area is 137 Å². The van der Waals surface area contributed by atoms with E-state index in [1.807, 2.05) is 0 Å². The number of halogens is 3. The molecule has 2 aliphatic rings. The van der Waals surface area contributed by atoms with E-state index in [0.717, 1.165) is 31.2 Å². The summed E-state index contributed by atoms with van der Waals surface area (Å²) in [5.74, 6) is 0.000717. The molecule has 0 unspecified atom stereocenters. The third-order valence-electron chi connectivity index (χ3n) is 4.38. The molecule has 3 rings (SSSR count). The van der Waals surface area contributed by atoms with E-state index in [4.69, 9.17) is 9.47 Å². The third kappa shape index (κ3) is 3.98. The zero-order chi connectivity index (χ0) is 17.2. The largest absolute Gasteiger partial charge is 0.472 e. The van der Waals surface area contributed by atoms with Gasteiger partial charge in [-0.3, -0.25) is 4.79 Å². The number of pyridine rings is 1. The molecule has 2 saturated heterocycles. The maximum absolute atomic E-state index is 12.7. The molecule has 0 aliphatic carbocycles. The number of ether oxygens (including phenoxy) is 2. The highest BCUT2D eigenvalue weighted by Crippen LogP contribution is 2.31. The maximum atomic E-state index is 12.7. The number of hydrogen-bond donors (Lipinski definition) is 0. The molecule has 0 radical (unpaired) electrons. The monoisotopic (exact) mass is 344 g/mol. The molecule has 0 bridgehead atoms. The molecular weight excluding hydrogens is 325 g/mol. The Kier molecular flexibility index (Phi) is 4.93. The summed E-state index contributed by atoms with van der Waals surface area (Å²) in [6.45, 7) is 2.13. The molecule has 0 saturated carbocycles. The minimum Gasteiger partial charge on any atom is -0.472 e. The molecule has 0 N–H and O–H groups in total. The van der Waals surface area contributed by atoms with Crippen molar-refractivity contribution in [1.29, 1.82) is 0 Å². The van der Waals surface area contributed by atoms with Crippen LogP contribution in [0.5, 0.6) is 5.88 Å². The van der Waals surface area contributed by atoms with Crippen molar-refractivity contribution in [2.24, 2.45) is 5.92 Å². The average Bonchev–Trinajstić information content (AvgIpc) is 3.03. The molecule has 1 atom stereocenters. The predicted octanol–water partition coefficient (Wildman–Crippen LogP) is 2.51. The van der Waals surface area contributed by atoms with Crippen molar-refractivity contribution in [2.75, 3.05) is 26.3 Å². The number of hydrogen-bond acceptors (Lipinski definition) is 4. The van der Waals surface area contributed by atoms with Gasteiger partial charge in [0.25, 0.3) is 0 Å². The van der Waals surface area contributed by atoms with Crippen LogP contribution in [0.15, 0.2) is 18.3 Å². The van der Waals surface area contributed by atoms with Gasteiger partial charge in [-0.2, -0.15) is 13.2 Å². The van der Waals surface area contributed by atoms with Crippen molar-refractivity contribution in [1.82, 2.24) is 9.88 Å². The maximum Gasteiger partial charge on any atom is 0.416 e. The minimum atomic E-state index is -4.43. The highest BCUT2D eigenvalue weighted by Gasteiger charge is 2.34. The van der Waals surface area contributed by atoms with Crippen LogP contribution in [0.1, 0.15) is 24.8 Å². The van der Waals surface area contributed by atoms with Crippen molar-refractivity contribution in [3.63, 3.8) is 0 Å². The number of amides is 1. The van der Waals surface area contributed by atoms with E-state index in [-0.39, 0.29) is 23.8 Å². The molecule has 2 aliphatic heterocycles. The molecule has 5 nitrogen and oxygen atoms in total.